The van der Waals surface area contributed by atoms with Gasteiger partial charge in [-0.1, -0.05) is 54.6 Å². The maximum Gasteiger partial charge on any atom is 0.0518 e. The van der Waals surface area contributed by atoms with Crippen LogP contribution in [0.5, 0.6) is 0 Å². The second kappa shape index (κ2) is 8.31. The summed E-state index contributed by atoms with van der Waals surface area (Å²) in [4.78, 5) is 2.57. The minimum absolute atomic E-state index is 0.305. The lowest BCUT2D eigenvalue weighted by molar-refractivity contribution is 0.149. The SMILES string of the molecule is OCCCCN1CCC2NNC(c3ccc(-c4ccccc4)cc3)C2C1. The van der Waals surface area contributed by atoms with Crippen molar-refractivity contribution in [2.24, 2.45) is 5.92 Å². The summed E-state index contributed by atoms with van der Waals surface area (Å²) in [7, 11) is 0. The molecule has 2 aliphatic rings. The number of nitrogens with one attached hydrogen (secondary N) is 2. The third kappa shape index (κ3) is 3.84. The van der Waals surface area contributed by atoms with Gasteiger partial charge in [0, 0.05) is 25.1 Å². The molecule has 4 nitrogen and oxygen atoms in total. The first-order valence-corrected chi connectivity index (χ1v) is 9.85. The minimum atomic E-state index is 0.305. The third-order valence-electron chi connectivity index (χ3n) is 5.85. The van der Waals surface area contributed by atoms with Gasteiger partial charge in [0.15, 0.2) is 0 Å². The zero-order valence-electron chi connectivity index (χ0n) is 15.3. The molecule has 3 atom stereocenters. The summed E-state index contributed by atoms with van der Waals surface area (Å²) < 4.78 is 0. The molecule has 2 saturated heterocycles. The molecular formula is C22H29N3O. The number of fused-ring (bicyclic) bond motifs is 1. The number of benzene rings is 2. The number of likely N-dealkylation sites (tertiary alicyclic amines) is 1. The van der Waals surface area contributed by atoms with E-state index in [4.69, 9.17) is 5.11 Å². The molecule has 3 unspecified atom stereocenters. The van der Waals surface area contributed by atoms with E-state index in [2.05, 4.69) is 70.3 Å². The van der Waals surface area contributed by atoms with Crippen LogP contribution in [0.1, 0.15) is 30.9 Å². The lowest BCUT2D eigenvalue weighted by Crippen LogP contribution is -2.45. The summed E-state index contributed by atoms with van der Waals surface area (Å²) in [6.45, 7) is 3.69. The van der Waals surface area contributed by atoms with Crippen LogP contribution in [0, 0.1) is 5.92 Å². The van der Waals surface area contributed by atoms with E-state index in [9.17, 15) is 0 Å². The first-order chi connectivity index (χ1) is 12.8. The largest absolute Gasteiger partial charge is 0.396 e. The Bertz CT molecular complexity index is 688. The van der Waals surface area contributed by atoms with Crippen LogP contribution in [0.4, 0.5) is 0 Å². The topological polar surface area (TPSA) is 47.5 Å². The van der Waals surface area contributed by atoms with E-state index in [0.29, 0.717) is 24.6 Å². The summed E-state index contributed by atoms with van der Waals surface area (Å²) in [5.41, 5.74) is 11.0. The number of nitrogens with zero attached hydrogens (tertiary/aromatic N) is 1. The standard InChI is InChI=1S/C22H29N3O/c26-15-5-4-13-25-14-12-21-20(16-25)22(24-23-21)19-10-8-18(9-11-19)17-6-2-1-3-7-17/h1-3,6-11,20-24,26H,4-5,12-16H2. The van der Waals surface area contributed by atoms with Crippen LogP contribution in [0.2, 0.25) is 0 Å². The Kier molecular flexibility index (Phi) is 5.65. The molecule has 2 heterocycles. The van der Waals surface area contributed by atoms with Crippen LogP contribution in [-0.2, 0) is 0 Å². The van der Waals surface area contributed by atoms with E-state index in [0.717, 1.165) is 32.5 Å². The van der Waals surface area contributed by atoms with Crippen molar-refractivity contribution in [3.63, 3.8) is 0 Å². The van der Waals surface area contributed by atoms with Crippen LogP contribution < -0.4 is 10.9 Å². The van der Waals surface area contributed by atoms with Crippen LogP contribution in [0.3, 0.4) is 0 Å². The Morgan fingerprint density at radius 1 is 0.923 bits per heavy atom. The van der Waals surface area contributed by atoms with Gasteiger partial charge in [0.05, 0.1) is 6.04 Å². The molecule has 0 amide bonds. The highest BCUT2D eigenvalue weighted by Crippen LogP contribution is 2.34. The van der Waals surface area contributed by atoms with Crippen LogP contribution in [0.15, 0.2) is 54.6 Å². The van der Waals surface area contributed by atoms with Crippen molar-refractivity contribution in [1.29, 1.82) is 0 Å². The van der Waals surface area contributed by atoms with Gasteiger partial charge in [-0.25, -0.2) is 5.43 Å². The number of rotatable bonds is 6. The van der Waals surface area contributed by atoms with Crippen molar-refractivity contribution < 1.29 is 5.11 Å². The van der Waals surface area contributed by atoms with Gasteiger partial charge in [-0.05, 0) is 49.0 Å². The van der Waals surface area contributed by atoms with Crippen molar-refractivity contribution in [3.8, 4) is 11.1 Å². The average Bonchev–Trinajstić information content (AvgIpc) is 3.12. The quantitative estimate of drug-likeness (QED) is 0.701. The molecule has 0 spiro atoms. The molecular weight excluding hydrogens is 322 g/mol. The van der Waals surface area contributed by atoms with E-state index >= 15 is 0 Å². The molecule has 4 rings (SSSR count). The van der Waals surface area contributed by atoms with Crippen molar-refractivity contribution in [2.75, 3.05) is 26.2 Å². The summed E-state index contributed by atoms with van der Waals surface area (Å²) in [6.07, 6.45) is 3.19. The van der Waals surface area contributed by atoms with E-state index in [1.54, 1.807) is 0 Å². The molecule has 0 saturated carbocycles. The Hall–Kier alpha value is -1.72. The Morgan fingerprint density at radius 2 is 1.69 bits per heavy atom. The molecule has 2 aliphatic heterocycles. The van der Waals surface area contributed by atoms with Crippen molar-refractivity contribution in [1.82, 2.24) is 15.8 Å². The summed E-state index contributed by atoms with van der Waals surface area (Å²) in [5, 5.41) is 9.00. The molecule has 0 radical (unpaired) electrons. The number of unbranched alkanes of at least 4 members (excludes halogenated alkanes) is 1. The summed E-state index contributed by atoms with van der Waals surface area (Å²) >= 11 is 0. The van der Waals surface area contributed by atoms with Gasteiger partial charge < -0.3 is 10.0 Å². The molecule has 26 heavy (non-hydrogen) atoms. The van der Waals surface area contributed by atoms with Gasteiger partial charge in [-0.3, -0.25) is 5.43 Å². The lowest BCUT2D eigenvalue weighted by Gasteiger charge is -2.36. The number of aliphatic hydroxyl groups excluding tert-OH is 1. The minimum Gasteiger partial charge on any atom is -0.396 e. The fraction of sp³-hybridized carbons (Fsp3) is 0.455. The summed E-state index contributed by atoms with van der Waals surface area (Å²) in [5.74, 6) is 0.598. The first kappa shape index (κ1) is 17.7. The van der Waals surface area contributed by atoms with Crippen LogP contribution >= 0.6 is 0 Å². The Balaban J connectivity index is 1.44. The fourth-order valence-corrected chi connectivity index (χ4v) is 4.37. The predicted octanol–water partition coefficient (Wildman–Crippen LogP) is 2.97. The third-order valence-corrected chi connectivity index (χ3v) is 5.85. The van der Waals surface area contributed by atoms with E-state index < -0.39 is 0 Å². The van der Waals surface area contributed by atoms with E-state index in [1.165, 1.54) is 23.1 Å². The second-order valence-electron chi connectivity index (χ2n) is 7.54. The van der Waals surface area contributed by atoms with Gasteiger partial charge in [0.25, 0.3) is 0 Å². The molecule has 2 aromatic carbocycles. The molecule has 3 N–H and O–H groups in total. The van der Waals surface area contributed by atoms with Gasteiger partial charge in [0.2, 0.25) is 0 Å². The summed E-state index contributed by atoms with van der Waals surface area (Å²) in [6, 6.07) is 20.5. The molecule has 0 bridgehead atoms. The lowest BCUT2D eigenvalue weighted by atomic mass is 9.84. The average molecular weight is 351 g/mol. The number of hydrogen-bond acceptors (Lipinski definition) is 4. The van der Waals surface area contributed by atoms with Crippen molar-refractivity contribution in [3.05, 3.63) is 60.2 Å². The number of hydrazine groups is 1. The highest BCUT2D eigenvalue weighted by molar-refractivity contribution is 5.63. The molecule has 0 aromatic heterocycles. The molecule has 0 aliphatic carbocycles. The van der Waals surface area contributed by atoms with Crippen molar-refractivity contribution >= 4 is 0 Å². The smallest absolute Gasteiger partial charge is 0.0518 e. The van der Waals surface area contributed by atoms with E-state index in [1.807, 2.05) is 0 Å². The molecule has 138 valence electrons. The highest BCUT2D eigenvalue weighted by atomic mass is 16.2. The Labute approximate surface area is 156 Å². The molecule has 2 fully saturated rings. The predicted molar refractivity (Wildman–Crippen MR) is 106 cm³/mol. The zero-order chi connectivity index (χ0) is 17.8. The van der Waals surface area contributed by atoms with Gasteiger partial charge in [-0.15, -0.1) is 0 Å². The second-order valence-corrected chi connectivity index (χ2v) is 7.54. The van der Waals surface area contributed by atoms with Crippen molar-refractivity contribution in [2.45, 2.75) is 31.3 Å². The number of aliphatic hydroxyl groups is 1. The first-order valence-electron chi connectivity index (χ1n) is 9.85. The van der Waals surface area contributed by atoms with Gasteiger partial charge in [0.1, 0.15) is 0 Å². The Morgan fingerprint density at radius 3 is 2.46 bits per heavy atom. The maximum atomic E-state index is 9.00. The monoisotopic (exact) mass is 351 g/mol. The fourth-order valence-electron chi connectivity index (χ4n) is 4.37. The number of piperidine rings is 1. The van der Waals surface area contributed by atoms with E-state index in [-0.39, 0.29) is 0 Å². The van der Waals surface area contributed by atoms with Crippen LogP contribution in [-0.4, -0.2) is 42.3 Å². The molecule has 4 heteroatoms. The molecule has 2 aromatic rings. The maximum absolute atomic E-state index is 9.00. The van der Waals surface area contributed by atoms with Crippen LogP contribution in [0.25, 0.3) is 11.1 Å². The number of hydrogen-bond donors (Lipinski definition) is 3. The zero-order valence-corrected chi connectivity index (χ0v) is 15.3. The van der Waals surface area contributed by atoms with Gasteiger partial charge >= 0.3 is 0 Å². The highest BCUT2D eigenvalue weighted by Gasteiger charge is 2.40. The van der Waals surface area contributed by atoms with Gasteiger partial charge in [-0.2, -0.15) is 0 Å². The normalized spacial score (nSPS) is 26.0.